The lowest BCUT2D eigenvalue weighted by Crippen LogP contribution is -2.19. The number of nitrogens with two attached hydrogens (primary N) is 1. The van der Waals surface area contributed by atoms with E-state index >= 15 is 0 Å². The summed E-state index contributed by atoms with van der Waals surface area (Å²) in [4.78, 5) is 21.7. The van der Waals surface area contributed by atoms with Gasteiger partial charge in [-0.3, -0.25) is 4.79 Å². The molecule has 5 nitrogen and oxygen atoms in total. The summed E-state index contributed by atoms with van der Waals surface area (Å²) in [6.07, 6.45) is 0.227. The fraction of sp³-hybridized carbons (Fsp3) is 0.273. The third kappa shape index (κ3) is 4.00. The number of nitrogens with one attached hydrogen (secondary N) is 1. The average molecular weight is 222 g/mol. The summed E-state index contributed by atoms with van der Waals surface area (Å²) in [6, 6.07) is 6.22. The number of benzene rings is 1. The van der Waals surface area contributed by atoms with E-state index in [0.717, 1.165) is 5.56 Å². The first-order chi connectivity index (χ1) is 7.61. The molecule has 0 radical (unpaired) electrons. The number of urea groups is 1. The molecule has 0 spiro atoms. The Bertz CT molecular complexity index is 373. The fourth-order valence-electron chi connectivity index (χ4n) is 1.23. The van der Waals surface area contributed by atoms with Gasteiger partial charge in [0.25, 0.3) is 0 Å². The molecule has 0 fully saturated rings. The van der Waals surface area contributed by atoms with Gasteiger partial charge in [-0.25, -0.2) is 4.79 Å². The van der Waals surface area contributed by atoms with E-state index in [4.69, 9.17) is 10.5 Å². The van der Waals surface area contributed by atoms with Crippen LogP contribution in [-0.2, 0) is 16.0 Å². The van der Waals surface area contributed by atoms with Crippen LogP contribution in [0.25, 0.3) is 0 Å². The maximum Gasteiger partial charge on any atom is 0.316 e. The van der Waals surface area contributed by atoms with Gasteiger partial charge in [0.05, 0.1) is 13.0 Å². The Morgan fingerprint density at radius 1 is 1.31 bits per heavy atom. The number of anilines is 1. The highest BCUT2D eigenvalue weighted by molar-refractivity contribution is 5.87. The van der Waals surface area contributed by atoms with Gasteiger partial charge in [0, 0.05) is 5.69 Å². The fourth-order valence-corrected chi connectivity index (χ4v) is 1.23. The number of amides is 2. The van der Waals surface area contributed by atoms with E-state index in [-0.39, 0.29) is 12.4 Å². The van der Waals surface area contributed by atoms with Gasteiger partial charge >= 0.3 is 12.0 Å². The Labute approximate surface area is 93.6 Å². The van der Waals surface area contributed by atoms with Crippen molar-refractivity contribution < 1.29 is 14.3 Å². The lowest BCUT2D eigenvalue weighted by molar-refractivity contribution is -0.142. The van der Waals surface area contributed by atoms with E-state index in [1.165, 1.54) is 0 Å². The molecule has 0 aliphatic heterocycles. The van der Waals surface area contributed by atoms with Gasteiger partial charge < -0.3 is 15.8 Å². The second kappa shape index (κ2) is 5.75. The number of ether oxygens (including phenoxy) is 1. The summed E-state index contributed by atoms with van der Waals surface area (Å²) in [6.45, 7) is 2.14. The third-order valence-electron chi connectivity index (χ3n) is 1.88. The van der Waals surface area contributed by atoms with Crippen LogP contribution in [0, 0.1) is 0 Å². The molecule has 1 aromatic carbocycles. The van der Waals surface area contributed by atoms with E-state index < -0.39 is 6.03 Å². The van der Waals surface area contributed by atoms with E-state index in [1.54, 1.807) is 31.2 Å². The van der Waals surface area contributed by atoms with Crippen molar-refractivity contribution in [3.8, 4) is 0 Å². The van der Waals surface area contributed by atoms with Gasteiger partial charge in [-0.15, -0.1) is 0 Å². The molecule has 2 amide bonds. The monoisotopic (exact) mass is 222 g/mol. The summed E-state index contributed by atoms with van der Waals surface area (Å²) in [5.74, 6) is -0.266. The predicted octanol–water partition coefficient (Wildman–Crippen LogP) is 1.28. The third-order valence-corrected chi connectivity index (χ3v) is 1.88. The van der Waals surface area contributed by atoms with Gasteiger partial charge in [0.2, 0.25) is 0 Å². The Balaban J connectivity index is 2.57. The largest absolute Gasteiger partial charge is 0.466 e. The normalized spacial score (nSPS) is 9.56. The topological polar surface area (TPSA) is 81.4 Å². The van der Waals surface area contributed by atoms with Crippen molar-refractivity contribution in [3.63, 3.8) is 0 Å². The molecule has 5 heteroatoms. The zero-order valence-corrected chi connectivity index (χ0v) is 9.03. The van der Waals surface area contributed by atoms with E-state index in [1.807, 2.05) is 0 Å². The number of carbonyl (C=O) groups excluding carboxylic acids is 2. The number of primary amides is 1. The van der Waals surface area contributed by atoms with Crippen LogP contribution in [0.1, 0.15) is 12.5 Å². The second-order valence-corrected chi connectivity index (χ2v) is 3.17. The molecular formula is C11H14N2O3. The second-order valence-electron chi connectivity index (χ2n) is 3.17. The van der Waals surface area contributed by atoms with Gasteiger partial charge in [-0.05, 0) is 24.6 Å². The minimum Gasteiger partial charge on any atom is -0.466 e. The zero-order chi connectivity index (χ0) is 12.0. The van der Waals surface area contributed by atoms with Gasteiger partial charge in [-0.1, -0.05) is 12.1 Å². The van der Waals surface area contributed by atoms with E-state index in [9.17, 15) is 9.59 Å². The van der Waals surface area contributed by atoms with Crippen LogP contribution in [0.15, 0.2) is 24.3 Å². The van der Waals surface area contributed by atoms with Crippen LogP contribution < -0.4 is 11.1 Å². The van der Waals surface area contributed by atoms with Crippen LogP contribution >= 0.6 is 0 Å². The maximum absolute atomic E-state index is 11.2. The van der Waals surface area contributed by atoms with Crippen LogP contribution in [-0.4, -0.2) is 18.6 Å². The van der Waals surface area contributed by atoms with Crippen molar-refractivity contribution in [1.82, 2.24) is 0 Å². The average Bonchev–Trinajstić information content (AvgIpc) is 2.20. The Morgan fingerprint density at radius 3 is 2.44 bits per heavy atom. The lowest BCUT2D eigenvalue weighted by Gasteiger charge is -2.04. The number of hydrogen-bond acceptors (Lipinski definition) is 3. The van der Waals surface area contributed by atoms with Gasteiger partial charge in [0.1, 0.15) is 0 Å². The molecule has 16 heavy (non-hydrogen) atoms. The molecule has 0 unspecified atom stereocenters. The molecular weight excluding hydrogens is 208 g/mol. The van der Waals surface area contributed by atoms with Gasteiger partial charge in [-0.2, -0.15) is 0 Å². The Kier molecular flexibility index (Phi) is 4.32. The first kappa shape index (κ1) is 12.0. The van der Waals surface area contributed by atoms with E-state index in [2.05, 4.69) is 5.32 Å². The first-order valence-electron chi connectivity index (χ1n) is 4.93. The molecule has 1 rings (SSSR count). The van der Waals surface area contributed by atoms with Crippen molar-refractivity contribution in [1.29, 1.82) is 0 Å². The highest BCUT2D eigenvalue weighted by Gasteiger charge is 2.03. The molecule has 1 aromatic rings. The van der Waals surface area contributed by atoms with Crippen molar-refractivity contribution in [2.45, 2.75) is 13.3 Å². The number of hydrogen-bond donors (Lipinski definition) is 2. The number of esters is 1. The smallest absolute Gasteiger partial charge is 0.316 e. The number of carbonyl (C=O) groups is 2. The predicted molar refractivity (Wildman–Crippen MR) is 60.0 cm³/mol. The number of rotatable bonds is 4. The molecule has 0 aliphatic rings. The molecule has 0 saturated carbocycles. The molecule has 0 aliphatic carbocycles. The lowest BCUT2D eigenvalue weighted by atomic mass is 10.1. The van der Waals surface area contributed by atoms with Crippen molar-refractivity contribution >= 4 is 17.7 Å². The van der Waals surface area contributed by atoms with Crippen LogP contribution in [0.5, 0.6) is 0 Å². The SMILES string of the molecule is CCOC(=O)Cc1ccc(NC(N)=O)cc1. The minimum absolute atomic E-state index is 0.227. The minimum atomic E-state index is -0.613. The summed E-state index contributed by atoms with van der Waals surface area (Å²) in [5, 5.41) is 2.43. The zero-order valence-electron chi connectivity index (χ0n) is 9.03. The standard InChI is InChI=1S/C11H14N2O3/c1-2-16-10(14)7-8-3-5-9(6-4-8)13-11(12)15/h3-6H,2,7H2,1H3,(H3,12,13,15). The van der Waals surface area contributed by atoms with Crippen LogP contribution in [0.3, 0.4) is 0 Å². The molecule has 3 N–H and O–H groups in total. The molecule has 0 saturated heterocycles. The molecule has 86 valence electrons. The Morgan fingerprint density at radius 2 is 1.94 bits per heavy atom. The van der Waals surface area contributed by atoms with Crippen LogP contribution in [0.2, 0.25) is 0 Å². The quantitative estimate of drug-likeness (QED) is 0.753. The summed E-state index contributed by atoms with van der Waals surface area (Å²) >= 11 is 0. The molecule has 0 bridgehead atoms. The van der Waals surface area contributed by atoms with Crippen LogP contribution in [0.4, 0.5) is 10.5 Å². The maximum atomic E-state index is 11.2. The molecule has 0 atom stereocenters. The van der Waals surface area contributed by atoms with Crippen molar-refractivity contribution in [3.05, 3.63) is 29.8 Å². The molecule has 0 heterocycles. The van der Waals surface area contributed by atoms with Crippen molar-refractivity contribution in [2.75, 3.05) is 11.9 Å². The Hall–Kier alpha value is -2.04. The first-order valence-corrected chi connectivity index (χ1v) is 4.93. The summed E-state index contributed by atoms with van der Waals surface area (Å²) in [7, 11) is 0. The highest BCUT2D eigenvalue weighted by Crippen LogP contribution is 2.10. The molecule has 0 aromatic heterocycles. The van der Waals surface area contributed by atoms with Crippen molar-refractivity contribution in [2.24, 2.45) is 5.73 Å². The van der Waals surface area contributed by atoms with E-state index in [0.29, 0.717) is 12.3 Å². The highest BCUT2D eigenvalue weighted by atomic mass is 16.5. The van der Waals surface area contributed by atoms with Gasteiger partial charge in [0.15, 0.2) is 0 Å². The summed E-state index contributed by atoms with van der Waals surface area (Å²) in [5.41, 5.74) is 6.38. The summed E-state index contributed by atoms with van der Waals surface area (Å²) < 4.78 is 4.81.